The van der Waals surface area contributed by atoms with Crippen LogP contribution in [0.5, 0.6) is 17.7 Å². The molecule has 134 valence electrons. The van der Waals surface area contributed by atoms with Gasteiger partial charge in [-0.05, 0) is 49.1 Å². The zero-order chi connectivity index (χ0) is 17.9. The van der Waals surface area contributed by atoms with Gasteiger partial charge in [0.2, 0.25) is 5.88 Å². The Balaban J connectivity index is 1.70. The molecule has 2 aromatic heterocycles. The predicted molar refractivity (Wildman–Crippen MR) is 96.5 cm³/mol. The van der Waals surface area contributed by atoms with E-state index in [4.69, 9.17) is 18.6 Å². The van der Waals surface area contributed by atoms with Crippen LogP contribution >= 0.6 is 0 Å². The minimum atomic E-state index is 0.286. The Morgan fingerprint density at radius 1 is 1.00 bits per heavy atom. The summed E-state index contributed by atoms with van der Waals surface area (Å²) < 4.78 is 22.0. The monoisotopic (exact) mass is 352 g/mol. The topological polar surface area (TPSA) is 66.6 Å². The van der Waals surface area contributed by atoms with Crippen molar-refractivity contribution in [2.75, 3.05) is 20.8 Å². The van der Waals surface area contributed by atoms with Crippen molar-refractivity contribution in [3.63, 3.8) is 0 Å². The van der Waals surface area contributed by atoms with Gasteiger partial charge in [-0.3, -0.25) is 0 Å². The number of hydrogen-bond donors (Lipinski definition) is 0. The molecule has 2 heterocycles. The third-order valence-electron chi connectivity index (χ3n) is 4.32. The van der Waals surface area contributed by atoms with Gasteiger partial charge in [-0.1, -0.05) is 0 Å². The van der Waals surface area contributed by atoms with Gasteiger partial charge in [-0.15, -0.1) is 0 Å². The van der Waals surface area contributed by atoms with Crippen molar-refractivity contribution in [3.8, 4) is 40.3 Å². The van der Waals surface area contributed by atoms with Crippen molar-refractivity contribution in [3.05, 3.63) is 42.6 Å². The molecule has 0 saturated heterocycles. The lowest BCUT2D eigenvalue weighted by Gasteiger charge is -2.04. The zero-order valence-corrected chi connectivity index (χ0v) is 14.8. The van der Waals surface area contributed by atoms with Crippen molar-refractivity contribution in [2.24, 2.45) is 5.92 Å². The molecule has 0 radical (unpaired) electrons. The largest absolute Gasteiger partial charge is 0.497 e. The first-order valence-corrected chi connectivity index (χ1v) is 8.55. The summed E-state index contributed by atoms with van der Waals surface area (Å²) in [5, 5.41) is 0. The summed E-state index contributed by atoms with van der Waals surface area (Å²) in [5.74, 6) is 2.60. The highest BCUT2D eigenvalue weighted by Crippen LogP contribution is 2.37. The molecule has 6 nitrogen and oxygen atoms in total. The average Bonchev–Trinajstić information content (AvgIpc) is 3.44. The summed E-state index contributed by atoms with van der Waals surface area (Å²) in [6.45, 7) is 0.642. The minimum Gasteiger partial charge on any atom is -0.497 e. The second kappa shape index (κ2) is 7.07. The van der Waals surface area contributed by atoms with Crippen molar-refractivity contribution in [1.29, 1.82) is 0 Å². The van der Waals surface area contributed by atoms with Gasteiger partial charge in [0, 0.05) is 23.4 Å². The standard InChI is InChI=1S/C20H20N2O4/c1-23-16-8-5-14(6-9-16)19-18(15-7-10-17(24-2)21-11-15)22-20(26-19)25-12-13-3-4-13/h5-11,13H,3-4,12H2,1-2H3. The molecule has 1 fully saturated rings. The van der Waals surface area contributed by atoms with E-state index in [1.165, 1.54) is 12.8 Å². The van der Waals surface area contributed by atoms with Crippen LogP contribution in [0.3, 0.4) is 0 Å². The fourth-order valence-corrected chi connectivity index (χ4v) is 2.61. The van der Waals surface area contributed by atoms with Gasteiger partial charge in [-0.2, -0.15) is 4.98 Å². The Bertz CT molecular complexity index is 803. The van der Waals surface area contributed by atoms with Gasteiger partial charge >= 0.3 is 6.08 Å². The molecule has 0 bridgehead atoms. The molecule has 0 N–H and O–H groups in total. The Morgan fingerprint density at radius 3 is 2.38 bits per heavy atom. The van der Waals surface area contributed by atoms with Gasteiger partial charge in [-0.25, -0.2) is 4.98 Å². The fourth-order valence-electron chi connectivity index (χ4n) is 2.61. The highest BCUT2D eigenvalue weighted by atomic mass is 16.6. The van der Waals surface area contributed by atoms with E-state index in [9.17, 15) is 0 Å². The normalized spacial score (nSPS) is 13.5. The zero-order valence-electron chi connectivity index (χ0n) is 14.8. The van der Waals surface area contributed by atoms with Gasteiger partial charge in [0.25, 0.3) is 0 Å². The number of methoxy groups -OCH3 is 2. The number of oxazole rings is 1. The lowest BCUT2D eigenvalue weighted by molar-refractivity contribution is 0.221. The number of aromatic nitrogens is 2. The molecule has 1 aromatic carbocycles. The average molecular weight is 352 g/mol. The SMILES string of the molecule is COc1ccc(-c2oc(OCC3CC3)nc2-c2ccc(OC)nc2)cc1. The molecule has 4 rings (SSSR count). The van der Waals surface area contributed by atoms with Crippen LogP contribution in [0.1, 0.15) is 12.8 Å². The Hall–Kier alpha value is -3.02. The van der Waals surface area contributed by atoms with Crippen molar-refractivity contribution >= 4 is 0 Å². The first-order valence-electron chi connectivity index (χ1n) is 8.55. The highest BCUT2D eigenvalue weighted by Gasteiger charge is 2.24. The maximum atomic E-state index is 5.93. The number of hydrogen-bond acceptors (Lipinski definition) is 6. The summed E-state index contributed by atoms with van der Waals surface area (Å²) in [6.07, 6.45) is 4.42. The van der Waals surface area contributed by atoms with Gasteiger partial charge < -0.3 is 18.6 Å². The Kier molecular flexibility index (Phi) is 4.48. The van der Waals surface area contributed by atoms with E-state index < -0.39 is 0 Å². The molecule has 3 aromatic rings. The molecule has 26 heavy (non-hydrogen) atoms. The Labute approximate surface area is 151 Å². The highest BCUT2D eigenvalue weighted by molar-refractivity contribution is 5.77. The van der Waals surface area contributed by atoms with Crippen LogP contribution in [0, 0.1) is 5.92 Å². The van der Waals surface area contributed by atoms with Crippen LogP contribution < -0.4 is 14.2 Å². The van der Waals surface area contributed by atoms with E-state index in [-0.39, 0.29) is 6.08 Å². The maximum absolute atomic E-state index is 5.93. The van der Waals surface area contributed by atoms with Crippen LogP contribution in [0.15, 0.2) is 47.0 Å². The Morgan fingerprint density at radius 2 is 1.77 bits per heavy atom. The lowest BCUT2D eigenvalue weighted by Crippen LogP contribution is -1.98. The molecule has 0 amide bonds. The summed E-state index contributed by atoms with van der Waals surface area (Å²) >= 11 is 0. The van der Waals surface area contributed by atoms with Crippen molar-refractivity contribution < 1.29 is 18.6 Å². The van der Waals surface area contributed by atoms with Gasteiger partial charge in [0.15, 0.2) is 5.76 Å². The fraction of sp³-hybridized carbons (Fsp3) is 0.300. The van der Waals surface area contributed by atoms with Crippen LogP contribution in [0.4, 0.5) is 0 Å². The lowest BCUT2D eigenvalue weighted by atomic mass is 10.1. The van der Waals surface area contributed by atoms with Gasteiger partial charge in [0.1, 0.15) is 11.4 Å². The molecular formula is C20H20N2O4. The van der Waals surface area contributed by atoms with E-state index in [1.807, 2.05) is 30.3 Å². The maximum Gasteiger partial charge on any atom is 0.394 e. The number of pyridine rings is 1. The summed E-state index contributed by atoms with van der Waals surface area (Å²) in [4.78, 5) is 8.82. The number of rotatable bonds is 7. The first-order chi connectivity index (χ1) is 12.8. The summed E-state index contributed by atoms with van der Waals surface area (Å²) in [5.41, 5.74) is 2.42. The van der Waals surface area contributed by atoms with Crippen LogP contribution in [0.25, 0.3) is 22.6 Å². The van der Waals surface area contributed by atoms with Crippen molar-refractivity contribution in [1.82, 2.24) is 9.97 Å². The smallest absolute Gasteiger partial charge is 0.394 e. The molecule has 1 aliphatic rings. The molecular weight excluding hydrogens is 332 g/mol. The third-order valence-corrected chi connectivity index (χ3v) is 4.32. The van der Waals surface area contributed by atoms with Gasteiger partial charge in [0.05, 0.1) is 20.8 Å². The molecule has 1 saturated carbocycles. The molecule has 6 heteroatoms. The van der Waals surface area contributed by atoms with E-state index in [0.717, 1.165) is 16.9 Å². The van der Waals surface area contributed by atoms with E-state index >= 15 is 0 Å². The predicted octanol–water partition coefficient (Wildman–Crippen LogP) is 4.21. The molecule has 0 spiro atoms. The van der Waals surface area contributed by atoms with Crippen LogP contribution in [0.2, 0.25) is 0 Å². The van der Waals surface area contributed by atoms with Crippen LogP contribution in [-0.2, 0) is 0 Å². The van der Waals surface area contributed by atoms with E-state index in [2.05, 4.69) is 9.97 Å². The minimum absolute atomic E-state index is 0.286. The summed E-state index contributed by atoms with van der Waals surface area (Å²) in [6, 6.07) is 11.3. The quantitative estimate of drug-likeness (QED) is 0.634. The number of nitrogens with zero attached hydrogens (tertiary/aromatic N) is 2. The second-order valence-corrected chi connectivity index (χ2v) is 6.23. The summed E-state index contributed by atoms with van der Waals surface area (Å²) in [7, 11) is 3.23. The van der Waals surface area contributed by atoms with Crippen LogP contribution in [-0.4, -0.2) is 30.8 Å². The first kappa shape index (κ1) is 16.4. The number of benzene rings is 1. The molecule has 1 aliphatic carbocycles. The molecule has 0 aliphatic heterocycles. The number of ether oxygens (including phenoxy) is 3. The third kappa shape index (κ3) is 3.49. The van der Waals surface area contributed by atoms with E-state index in [1.54, 1.807) is 26.5 Å². The van der Waals surface area contributed by atoms with E-state index in [0.29, 0.717) is 29.9 Å². The molecule has 0 unspecified atom stereocenters. The second-order valence-electron chi connectivity index (χ2n) is 6.23. The molecule has 0 atom stereocenters. The van der Waals surface area contributed by atoms with Crippen molar-refractivity contribution in [2.45, 2.75) is 12.8 Å².